The number of carboxylic acid groups (broad SMARTS) is 1. The van der Waals surface area contributed by atoms with E-state index in [1.165, 1.54) is 12.4 Å². The molecular weight excluding hydrogens is 306 g/mol. The molecule has 0 bridgehead atoms. The van der Waals surface area contributed by atoms with Crippen LogP contribution >= 0.6 is 0 Å². The average molecular weight is 321 g/mol. The van der Waals surface area contributed by atoms with Gasteiger partial charge in [0.15, 0.2) is 0 Å². The van der Waals surface area contributed by atoms with Crippen molar-refractivity contribution in [2.75, 3.05) is 10.6 Å². The Morgan fingerprint density at radius 3 is 2.71 bits per heavy atom. The summed E-state index contributed by atoms with van der Waals surface area (Å²) in [5.41, 5.74) is 1.68. The van der Waals surface area contributed by atoms with E-state index in [0.29, 0.717) is 23.9 Å². The summed E-state index contributed by atoms with van der Waals surface area (Å²) in [6, 6.07) is 12.2. The van der Waals surface area contributed by atoms with E-state index in [-0.39, 0.29) is 5.56 Å². The largest absolute Gasteiger partial charge is 0.478 e. The quantitative estimate of drug-likeness (QED) is 0.642. The third-order valence-corrected chi connectivity index (χ3v) is 3.28. The molecule has 0 saturated carbocycles. The minimum atomic E-state index is -0.998. The maximum absolute atomic E-state index is 11.2. The van der Waals surface area contributed by atoms with Crippen molar-refractivity contribution in [1.29, 1.82) is 0 Å². The van der Waals surface area contributed by atoms with E-state index in [1.54, 1.807) is 36.7 Å². The number of benzene rings is 1. The molecule has 120 valence electrons. The Hall–Kier alpha value is -3.48. The highest BCUT2D eigenvalue weighted by atomic mass is 16.4. The lowest BCUT2D eigenvalue weighted by atomic mass is 10.2. The summed E-state index contributed by atoms with van der Waals surface area (Å²) in [7, 11) is 0. The van der Waals surface area contributed by atoms with Crippen LogP contribution in [0.1, 0.15) is 15.9 Å². The van der Waals surface area contributed by atoms with Gasteiger partial charge in [0, 0.05) is 25.0 Å². The molecular formula is C17H15N5O2. The Balaban J connectivity index is 1.73. The average Bonchev–Trinajstić information content (AvgIpc) is 2.61. The maximum Gasteiger partial charge on any atom is 0.337 e. The van der Waals surface area contributed by atoms with Crippen LogP contribution in [0.5, 0.6) is 0 Å². The van der Waals surface area contributed by atoms with Crippen LogP contribution in [0.25, 0.3) is 0 Å². The molecule has 3 N–H and O–H groups in total. The number of hydrogen-bond acceptors (Lipinski definition) is 6. The zero-order valence-corrected chi connectivity index (χ0v) is 12.7. The monoisotopic (exact) mass is 321 g/mol. The number of rotatable bonds is 6. The van der Waals surface area contributed by atoms with Crippen LogP contribution in [0.15, 0.2) is 61.2 Å². The lowest BCUT2D eigenvalue weighted by molar-refractivity contribution is 0.0698. The number of aromatic nitrogens is 3. The molecule has 2 heterocycles. The van der Waals surface area contributed by atoms with Crippen molar-refractivity contribution in [3.63, 3.8) is 0 Å². The standard InChI is InChI=1S/C17H15N5O2/c23-17(24)13-5-1-2-6-14(13)22-16-8-15(20-11-21-16)19-10-12-4-3-7-18-9-12/h1-9,11H,10H2,(H,23,24)(H2,19,20,21,22). The zero-order chi connectivity index (χ0) is 16.8. The molecule has 7 heteroatoms. The lowest BCUT2D eigenvalue weighted by Crippen LogP contribution is -2.05. The van der Waals surface area contributed by atoms with Crippen LogP contribution in [0.2, 0.25) is 0 Å². The second-order valence-electron chi connectivity index (χ2n) is 4.98. The Morgan fingerprint density at radius 2 is 1.92 bits per heavy atom. The third kappa shape index (κ3) is 3.83. The van der Waals surface area contributed by atoms with E-state index >= 15 is 0 Å². The van der Waals surface area contributed by atoms with Crippen molar-refractivity contribution < 1.29 is 9.90 Å². The summed E-state index contributed by atoms with van der Waals surface area (Å²) in [5, 5.41) is 15.4. The smallest absolute Gasteiger partial charge is 0.337 e. The first-order chi connectivity index (χ1) is 11.7. The van der Waals surface area contributed by atoms with Gasteiger partial charge in [0.05, 0.1) is 11.3 Å². The molecule has 0 saturated heterocycles. The van der Waals surface area contributed by atoms with Crippen LogP contribution in [0.4, 0.5) is 17.3 Å². The first kappa shape index (κ1) is 15.4. The predicted octanol–water partition coefficient (Wildman–Crippen LogP) is 2.93. The molecule has 3 aromatic rings. The molecule has 0 aliphatic heterocycles. The number of carboxylic acids is 1. The first-order valence-electron chi connectivity index (χ1n) is 7.26. The van der Waals surface area contributed by atoms with Gasteiger partial charge in [-0.05, 0) is 23.8 Å². The van der Waals surface area contributed by atoms with Crippen LogP contribution in [-0.4, -0.2) is 26.0 Å². The number of pyridine rings is 1. The van der Waals surface area contributed by atoms with Crippen LogP contribution in [0.3, 0.4) is 0 Å². The molecule has 3 rings (SSSR count). The number of nitrogens with zero attached hydrogens (tertiary/aromatic N) is 3. The van der Waals surface area contributed by atoms with Crippen LogP contribution in [-0.2, 0) is 6.54 Å². The Morgan fingerprint density at radius 1 is 1.08 bits per heavy atom. The fourth-order valence-electron chi connectivity index (χ4n) is 2.13. The molecule has 0 aliphatic carbocycles. The molecule has 0 fully saturated rings. The summed E-state index contributed by atoms with van der Waals surface area (Å²) in [5.74, 6) is 0.138. The fourth-order valence-corrected chi connectivity index (χ4v) is 2.13. The van der Waals surface area contributed by atoms with E-state index in [4.69, 9.17) is 0 Å². The number of para-hydroxylation sites is 1. The molecule has 24 heavy (non-hydrogen) atoms. The van der Waals surface area contributed by atoms with E-state index in [1.807, 2.05) is 12.1 Å². The van der Waals surface area contributed by atoms with E-state index < -0.39 is 5.97 Å². The topological polar surface area (TPSA) is 100 Å². The van der Waals surface area contributed by atoms with Gasteiger partial charge in [0.2, 0.25) is 0 Å². The highest BCUT2D eigenvalue weighted by Crippen LogP contribution is 2.20. The minimum absolute atomic E-state index is 0.181. The molecule has 1 aromatic carbocycles. The van der Waals surface area contributed by atoms with Crippen LogP contribution in [0, 0.1) is 0 Å². The summed E-state index contributed by atoms with van der Waals surface area (Å²) in [4.78, 5) is 23.6. The highest BCUT2D eigenvalue weighted by molar-refractivity contribution is 5.95. The van der Waals surface area contributed by atoms with Gasteiger partial charge in [-0.3, -0.25) is 4.98 Å². The molecule has 0 unspecified atom stereocenters. The van der Waals surface area contributed by atoms with Gasteiger partial charge < -0.3 is 15.7 Å². The highest BCUT2D eigenvalue weighted by Gasteiger charge is 2.09. The Bertz CT molecular complexity index is 839. The minimum Gasteiger partial charge on any atom is -0.478 e. The SMILES string of the molecule is O=C(O)c1ccccc1Nc1cc(NCc2cccnc2)ncn1. The van der Waals surface area contributed by atoms with Gasteiger partial charge in [0.25, 0.3) is 0 Å². The molecule has 0 amide bonds. The summed E-state index contributed by atoms with van der Waals surface area (Å²) in [6.07, 6.45) is 4.91. The van der Waals surface area contributed by atoms with Crippen molar-refractivity contribution in [1.82, 2.24) is 15.0 Å². The fraction of sp³-hybridized carbons (Fsp3) is 0.0588. The molecule has 2 aromatic heterocycles. The number of aromatic carboxylic acids is 1. The van der Waals surface area contributed by atoms with Gasteiger partial charge in [-0.15, -0.1) is 0 Å². The second kappa shape index (κ2) is 7.19. The van der Waals surface area contributed by atoms with Crippen molar-refractivity contribution in [2.45, 2.75) is 6.54 Å². The van der Waals surface area contributed by atoms with E-state index in [2.05, 4.69) is 25.6 Å². The van der Waals surface area contributed by atoms with Gasteiger partial charge >= 0.3 is 5.97 Å². The molecule has 0 aliphatic rings. The molecule has 0 radical (unpaired) electrons. The zero-order valence-electron chi connectivity index (χ0n) is 12.7. The Labute approximate surface area is 138 Å². The van der Waals surface area contributed by atoms with Crippen molar-refractivity contribution in [3.05, 3.63) is 72.3 Å². The van der Waals surface area contributed by atoms with Crippen molar-refractivity contribution >= 4 is 23.3 Å². The van der Waals surface area contributed by atoms with Gasteiger partial charge in [-0.25, -0.2) is 14.8 Å². The molecule has 7 nitrogen and oxygen atoms in total. The van der Waals surface area contributed by atoms with Gasteiger partial charge in [-0.2, -0.15) is 0 Å². The summed E-state index contributed by atoms with van der Waals surface area (Å²) in [6.45, 7) is 0.579. The number of anilines is 3. The lowest BCUT2D eigenvalue weighted by Gasteiger charge is -2.10. The van der Waals surface area contributed by atoms with Crippen LogP contribution < -0.4 is 10.6 Å². The number of nitrogens with one attached hydrogen (secondary N) is 2. The van der Waals surface area contributed by atoms with Crippen molar-refractivity contribution in [3.8, 4) is 0 Å². The van der Waals surface area contributed by atoms with Gasteiger partial charge in [0.1, 0.15) is 18.0 Å². The number of carbonyl (C=O) groups is 1. The molecule has 0 spiro atoms. The summed E-state index contributed by atoms with van der Waals surface area (Å²) < 4.78 is 0. The molecule has 0 atom stereocenters. The van der Waals surface area contributed by atoms with E-state index in [9.17, 15) is 9.90 Å². The summed E-state index contributed by atoms with van der Waals surface area (Å²) >= 11 is 0. The maximum atomic E-state index is 11.2. The second-order valence-corrected chi connectivity index (χ2v) is 4.98. The van der Waals surface area contributed by atoms with Crippen molar-refractivity contribution in [2.24, 2.45) is 0 Å². The van der Waals surface area contributed by atoms with E-state index in [0.717, 1.165) is 5.56 Å². The first-order valence-corrected chi connectivity index (χ1v) is 7.26. The predicted molar refractivity (Wildman–Crippen MR) is 90.3 cm³/mol. The Kier molecular flexibility index (Phi) is 4.62. The third-order valence-electron chi connectivity index (χ3n) is 3.28. The normalized spacial score (nSPS) is 10.2. The van der Waals surface area contributed by atoms with Gasteiger partial charge in [-0.1, -0.05) is 18.2 Å². The number of hydrogen-bond donors (Lipinski definition) is 3.